The fourth-order valence-corrected chi connectivity index (χ4v) is 9.86. The summed E-state index contributed by atoms with van der Waals surface area (Å²) in [6, 6.07) is 0. The van der Waals surface area contributed by atoms with E-state index in [1.807, 2.05) is 0 Å². The second kappa shape index (κ2) is 13.1. The number of alkyl carbamates (subject to hydrolysis) is 1. The van der Waals surface area contributed by atoms with Gasteiger partial charge in [0.1, 0.15) is 6.10 Å². The molecule has 0 spiro atoms. The van der Waals surface area contributed by atoms with Crippen LogP contribution in [0.15, 0.2) is 0 Å². The van der Waals surface area contributed by atoms with Crippen molar-refractivity contribution in [3.8, 4) is 0 Å². The lowest BCUT2D eigenvalue weighted by Gasteiger charge is -2.61. The van der Waals surface area contributed by atoms with Gasteiger partial charge in [-0.15, -0.1) is 0 Å². The summed E-state index contributed by atoms with van der Waals surface area (Å²) in [5, 5.41) is 3.00. The van der Waals surface area contributed by atoms with Gasteiger partial charge in [-0.05, 0) is 130 Å². The van der Waals surface area contributed by atoms with E-state index in [0.717, 1.165) is 87.1 Å². The van der Waals surface area contributed by atoms with Crippen LogP contribution in [0, 0.1) is 46.3 Å². The van der Waals surface area contributed by atoms with E-state index in [0.29, 0.717) is 10.8 Å². The molecule has 3 unspecified atom stereocenters. The predicted octanol–water partition coefficient (Wildman–Crippen LogP) is 8.48. The fraction of sp³-hybridized carbons (Fsp3) is 0.970. The second-order valence-corrected chi connectivity index (χ2v) is 14.6. The molecule has 0 heterocycles. The molecule has 4 rings (SSSR count). The Kier molecular flexibility index (Phi) is 10.3. The average molecular weight is 517 g/mol. The van der Waals surface area contributed by atoms with Crippen molar-refractivity contribution in [1.82, 2.24) is 5.32 Å². The number of amides is 1. The minimum Gasteiger partial charge on any atom is -0.446 e. The molecular formula is C33H60N2O2. The van der Waals surface area contributed by atoms with Crippen molar-refractivity contribution in [3.05, 3.63) is 0 Å². The Balaban J connectivity index is 1.26. The first kappa shape index (κ1) is 29.2. The summed E-state index contributed by atoms with van der Waals surface area (Å²) in [6.07, 6.45) is 22.1. The van der Waals surface area contributed by atoms with Gasteiger partial charge in [-0.1, -0.05) is 59.8 Å². The smallest absolute Gasteiger partial charge is 0.407 e. The molecule has 0 bridgehead atoms. The van der Waals surface area contributed by atoms with Crippen molar-refractivity contribution in [2.45, 2.75) is 143 Å². The summed E-state index contributed by atoms with van der Waals surface area (Å²) in [7, 11) is 0. The predicted molar refractivity (Wildman–Crippen MR) is 154 cm³/mol. The van der Waals surface area contributed by atoms with Crippen molar-refractivity contribution < 1.29 is 9.53 Å². The third kappa shape index (κ3) is 6.69. The summed E-state index contributed by atoms with van der Waals surface area (Å²) in [5.41, 5.74) is 6.62. The van der Waals surface area contributed by atoms with Gasteiger partial charge in [0.25, 0.3) is 0 Å². The lowest BCUT2D eigenvalue weighted by atomic mass is 9.44. The van der Waals surface area contributed by atoms with Crippen LogP contribution in [0.3, 0.4) is 0 Å². The first-order valence-corrected chi connectivity index (χ1v) is 16.4. The van der Waals surface area contributed by atoms with E-state index in [4.69, 9.17) is 10.5 Å². The Hall–Kier alpha value is -0.770. The van der Waals surface area contributed by atoms with Gasteiger partial charge in [0.2, 0.25) is 0 Å². The number of carbonyl (C=O) groups excluding carboxylic acids is 1. The Morgan fingerprint density at radius 1 is 0.892 bits per heavy atom. The third-order valence-electron chi connectivity index (χ3n) is 12.1. The summed E-state index contributed by atoms with van der Waals surface area (Å²) in [6.45, 7) is 11.5. The maximum Gasteiger partial charge on any atom is 0.407 e. The molecule has 0 aromatic carbocycles. The molecule has 8 atom stereocenters. The highest BCUT2D eigenvalue weighted by molar-refractivity contribution is 5.67. The Morgan fingerprint density at radius 2 is 1.65 bits per heavy atom. The average Bonchev–Trinajstić information content (AvgIpc) is 3.20. The van der Waals surface area contributed by atoms with Gasteiger partial charge in [0.05, 0.1) is 0 Å². The van der Waals surface area contributed by atoms with Crippen molar-refractivity contribution in [2.75, 3.05) is 13.1 Å². The zero-order valence-electron chi connectivity index (χ0n) is 24.9. The van der Waals surface area contributed by atoms with Crippen LogP contribution >= 0.6 is 0 Å². The van der Waals surface area contributed by atoms with Crippen molar-refractivity contribution in [1.29, 1.82) is 0 Å². The number of unbranched alkanes of at least 4 members (excludes halogenated alkanes) is 4. The molecule has 4 heteroatoms. The van der Waals surface area contributed by atoms with Crippen molar-refractivity contribution in [2.24, 2.45) is 52.1 Å². The maximum absolute atomic E-state index is 12.4. The summed E-state index contributed by atoms with van der Waals surface area (Å²) < 4.78 is 5.94. The second-order valence-electron chi connectivity index (χ2n) is 14.6. The molecule has 4 aliphatic carbocycles. The summed E-state index contributed by atoms with van der Waals surface area (Å²) in [4.78, 5) is 12.4. The van der Waals surface area contributed by atoms with Gasteiger partial charge in [0.15, 0.2) is 0 Å². The van der Waals surface area contributed by atoms with Crippen LogP contribution in [-0.4, -0.2) is 25.3 Å². The molecular weight excluding hydrogens is 456 g/mol. The fourth-order valence-electron chi connectivity index (χ4n) is 9.86. The first-order chi connectivity index (χ1) is 17.8. The van der Waals surface area contributed by atoms with Crippen LogP contribution < -0.4 is 11.1 Å². The summed E-state index contributed by atoms with van der Waals surface area (Å²) >= 11 is 0. The van der Waals surface area contributed by atoms with Crippen molar-refractivity contribution >= 4 is 6.09 Å². The van der Waals surface area contributed by atoms with Gasteiger partial charge in [-0.3, -0.25) is 0 Å². The molecule has 4 saturated carbocycles. The number of nitrogens with two attached hydrogens (primary N) is 1. The van der Waals surface area contributed by atoms with Gasteiger partial charge in [-0.25, -0.2) is 4.79 Å². The van der Waals surface area contributed by atoms with Crippen LogP contribution in [-0.2, 0) is 4.74 Å². The molecule has 3 N–H and O–H groups in total. The van der Waals surface area contributed by atoms with Crippen molar-refractivity contribution in [3.63, 3.8) is 0 Å². The SMILES string of the molecule is CC(C)CCCC[C@H]1CCC2C3CC[C@H]4C[C@@H](OC(=O)NCCCCCCN)CC[C@]4(C)C3CC[C@@]21C. The van der Waals surface area contributed by atoms with Crippen LogP contribution in [0.5, 0.6) is 0 Å². The first-order valence-electron chi connectivity index (χ1n) is 16.4. The van der Waals surface area contributed by atoms with E-state index in [1.54, 1.807) is 0 Å². The molecule has 0 aromatic rings. The molecule has 0 aliphatic heterocycles. The lowest BCUT2D eigenvalue weighted by molar-refractivity contribution is -0.127. The molecule has 4 fully saturated rings. The minimum atomic E-state index is -0.195. The van der Waals surface area contributed by atoms with Crippen LogP contribution in [0.25, 0.3) is 0 Å². The topological polar surface area (TPSA) is 64.3 Å². The highest BCUT2D eigenvalue weighted by Crippen LogP contribution is 2.68. The number of hydrogen-bond acceptors (Lipinski definition) is 3. The standard InChI is InChI=1S/C33H60N2O2/c1-24(2)11-7-8-12-25-14-16-29-28-15-13-26-23-27(37-31(36)35-22-10-6-5-9-21-34)17-19-33(26,4)30(28)18-20-32(25,29)3/h24-30H,5-23,34H2,1-4H3,(H,35,36)/t25-,26-,27-,28?,29?,30?,32+,33-/m0/s1. The molecule has 0 radical (unpaired) electrons. The molecule has 4 aliphatic rings. The summed E-state index contributed by atoms with van der Waals surface area (Å²) in [5.74, 6) is 5.36. The molecule has 4 nitrogen and oxygen atoms in total. The number of fused-ring (bicyclic) bond motifs is 5. The molecule has 0 aromatic heterocycles. The minimum absolute atomic E-state index is 0.113. The number of ether oxygens (including phenoxy) is 1. The highest BCUT2D eigenvalue weighted by Gasteiger charge is 2.60. The Labute approximate surface area is 229 Å². The van der Waals surface area contributed by atoms with Crippen LogP contribution in [0.1, 0.15) is 137 Å². The Bertz CT molecular complexity index is 725. The monoisotopic (exact) mass is 516 g/mol. The van der Waals surface area contributed by atoms with E-state index < -0.39 is 0 Å². The van der Waals surface area contributed by atoms with Gasteiger partial charge >= 0.3 is 6.09 Å². The Morgan fingerprint density at radius 3 is 2.43 bits per heavy atom. The zero-order valence-corrected chi connectivity index (χ0v) is 24.9. The van der Waals surface area contributed by atoms with Gasteiger partial charge < -0.3 is 15.8 Å². The largest absolute Gasteiger partial charge is 0.446 e. The van der Waals surface area contributed by atoms with E-state index in [1.165, 1.54) is 70.6 Å². The molecule has 0 saturated heterocycles. The quantitative estimate of drug-likeness (QED) is 0.256. The number of carbonyl (C=O) groups is 1. The van der Waals surface area contributed by atoms with Gasteiger partial charge in [-0.2, -0.15) is 0 Å². The zero-order chi connectivity index (χ0) is 26.5. The lowest BCUT2D eigenvalue weighted by Crippen LogP contribution is -2.54. The van der Waals surface area contributed by atoms with Gasteiger partial charge in [0, 0.05) is 6.54 Å². The highest BCUT2D eigenvalue weighted by atomic mass is 16.6. The molecule has 1 amide bonds. The maximum atomic E-state index is 12.4. The van der Waals surface area contributed by atoms with E-state index in [9.17, 15) is 4.79 Å². The van der Waals surface area contributed by atoms with Crippen LogP contribution in [0.4, 0.5) is 4.79 Å². The normalized spacial score (nSPS) is 39.1. The molecule has 37 heavy (non-hydrogen) atoms. The van der Waals surface area contributed by atoms with E-state index >= 15 is 0 Å². The number of nitrogens with one attached hydrogen (secondary N) is 1. The van der Waals surface area contributed by atoms with Crippen LogP contribution in [0.2, 0.25) is 0 Å². The van der Waals surface area contributed by atoms with E-state index in [-0.39, 0.29) is 12.2 Å². The van der Waals surface area contributed by atoms with E-state index in [2.05, 4.69) is 33.0 Å². The molecule has 214 valence electrons. The third-order valence-corrected chi connectivity index (χ3v) is 12.1. The number of rotatable bonds is 12. The number of hydrogen-bond donors (Lipinski definition) is 2.